The highest BCUT2D eigenvalue weighted by Gasteiger charge is 2.16. The fourth-order valence-electron chi connectivity index (χ4n) is 3.29. The second-order valence-electron chi connectivity index (χ2n) is 6.94. The molecule has 5 rings (SSSR count). The van der Waals surface area contributed by atoms with E-state index < -0.39 is 0 Å². The Labute approximate surface area is 192 Å². The van der Waals surface area contributed by atoms with Crippen LogP contribution < -0.4 is 24.3 Å². The molecule has 1 N–H and O–H groups in total. The Morgan fingerprint density at radius 1 is 1.06 bits per heavy atom. The van der Waals surface area contributed by atoms with Crippen LogP contribution in [0.3, 0.4) is 0 Å². The predicted octanol–water partition coefficient (Wildman–Crippen LogP) is 3.27. The van der Waals surface area contributed by atoms with Crippen LogP contribution >= 0.6 is 11.8 Å². The fourth-order valence-corrected chi connectivity index (χ4v) is 3.97. The average Bonchev–Trinajstić information content (AvgIpc) is 3.48. The van der Waals surface area contributed by atoms with E-state index in [1.807, 2.05) is 30.3 Å². The molecule has 0 unspecified atom stereocenters. The second kappa shape index (κ2) is 8.87. The summed E-state index contributed by atoms with van der Waals surface area (Å²) in [6, 6.07) is 14.5. The number of nitrogens with one attached hydrogen (secondary N) is 1. The number of rotatable bonds is 7. The Morgan fingerprint density at radius 3 is 2.79 bits per heavy atom. The van der Waals surface area contributed by atoms with Gasteiger partial charge in [-0.05, 0) is 42.5 Å². The van der Waals surface area contributed by atoms with Gasteiger partial charge in [0.2, 0.25) is 17.9 Å². The molecule has 0 atom stereocenters. The smallest absolute Gasteiger partial charge is 0.234 e. The molecule has 4 aromatic rings. The number of carbonyl (C=O) groups excluding carboxylic acids is 1. The summed E-state index contributed by atoms with van der Waals surface area (Å²) < 4.78 is 22.9. The number of amides is 1. The van der Waals surface area contributed by atoms with E-state index in [1.54, 1.807) is 29.8 Å². The van der Waals surface area contributed by atoms with E-state index in [0.29, 0.717) is 39.5 Å². The van der Waals surface area contributed by atoms with Crippen LogP contribution in [0.5, 0.6) is 23.0 Å². The third-order valence-electron chi connectivity index (χ3n) is 4.92. The van der Waals surface area contributed by atoms with Crippen LogP contribution in [0.1, 0.15) is 0 Å². The summed E-state index contributed by atoms with van der Waals surface area (Å²) in [6.45, 7) is 0.210. The van der Waals surface area contributed by atoms with Crippen LogP contribution in [-0.2, 0) is 4.79 Å². The summed E-state index contributed by atoms with van der Waals surface area (Å²) >= 11 is 1.23. The summed E-state index contributed by atoms with van der Waals surface area (Å²) in [6.07, 6.45) is 0. The van der Waals surface area contributed by atoms with E-state index in [4.69, 9.17) is 18.9 Å². The molecule has 2 aromatic heterocycles. The summed E-state index contributed by atoms with van der Waals surface area (Å²) in [5.41, 5.74) is 2.72. The topological polar surface area (TPSA) is 109 Å². The molecule has 3 heterocycles. The first-order chi connectivity index (χ1) is 16.1. The standard InChI is InChI=1S/C22H19N5O5S/c1-29-14-4-5-16(18(10-14)30-2)23-21(28)11-33-22-25-24-20-8-6-15(26-27(20)22)13-3-7-17-19(9-13)32-12-31-17/h3-10H,11-12H2,1-2H3,(H,23,28). The Bertz CT molecular complexity index is 1340. The Morgan fingerprint density at radius 2 is 1.94 bits per heavy atom. The normalized spacial score (nSPS) is 12.1. The lowest BCUT2D eigenvalue weighted by molar-refractivity contribution is -0.113. The van der Waals surface area contributed by atoms with Gasteiger partial charge in [-0.15, -0.1) is 10.2 Å². The van der Waals surface area contributed by atoms with Gasteiger partial charge in [-0.2, -0.15) is 9.61 Å². The van der Waals surface area contributed by atoms with Crippen LogP contribution in [0.25, 0.3) is 16.9 Å². The number of benzene rings is 2. The number of nitrogens with zero attached hydrogens (tertiary/aromatic N) is 4. The van der Waals surface area contributed by atoms with Crippen molar-refractivity contribution in [2.75, 3.05) is 32.1 Å². The van der Waals surface area contributed by atoms with Crippen molar-refractivity contribution >= 4 is 29.0 Å². The maximum Gasteiger partial charge on any atom is 0.234 e. The first-order valence-electron chi connectivity index (χ1n) is 9.92. The molecule has 1 aliphatic heterocycles. The van der Waals surface area contributed by atoms with Crippen molar-refractivity contribution in [2.24, 2.45) is 0 Å². The maximum absolute atomic E-state index is 12.5. The molecule has 10 nitrogen and oxygen atoms in total. The van der Waals surface area contributed by atoms with Crippen molar-refractivity contribution in [1.82, 2.24) is 19.8 Å². The zero-order valence-corrected chi connectivity index (χ0v) is 18.6. The largest absolute Gasteiger partial charge is 0.497 e. The molecular weight excluding hydrogens is 446 g/mol. The van der Waals surface area contributed by atoms with E-state index in [0.717, 1.165) is 11.3 Å². The average molecular weight is 465 g/mol. The lowest BCUT2D eigenvalue weighted by atomic mass is 10.1. The van der Waals surface area contributed by atoms with E-state index in [1.165, 1.54) is 18.9 Å². The van der Waals surface area contributed by atoms with Gasteiger partial charge in [0, 0.05) is 11.6 Å². The number of carbonyl (C=O) groups is 1. The fraction of sp³-hybridized carbons (Fsp3) is 0.182. The van der Waals surface area contributed by atoms with Crippen molar-refractivity contribution in [3.63, 3.8) is 0 Å². The van der Waals surface area contributed by atoms with Gasteiger partial charge < -0.3 is 24.3 Å². The Kier molecular flexibility index (Phi) is 5.61. The summed E-state index contributed by atoms with van der Waals surface area (Å²) in [7, 11) is 3.10. The number of thioether (sulfide) groups is 1. The first kappa shape index (κ1) is 20.9. The van der Waals surface area contributed by atoms with Crippen LogP contribution in [0.2, 0.25) is 0 Å². The molecule has 0 bridgehead atoms. The molecule has 0 saturated carbocycles. The van der Waals surface area contributed by atoms with E-state index >= 15 is 0 Å². The van der Waals surface area contributed by atoms with Gasteiger partial charge in [-0.1, -0.05) is 11.8 Å². The number of hydrogen-bond acceptors (Lipinski definition) is 9. The molecule has 0 fully saturated rings. The van der Waals surface area contributed by atoms with Crippen molar-refractivity contribution < 1.29 is 23.7 Å². The zero-order valence-electron chi connectivity index (χ0n) is 17.8. The van der Waals surface area contributed by atoms with Crippen molar-refractivity contribution in [1.29, 1.82) is 0 Å². The van der Waals surface area contributed by atoms with E-state index in [2.05, 4.69) is 20.6 Å². The molecule has 11 heteroatoms. The number of hydrogen-bond donors (Lipinski definition) is 1. The summed E-state index contributed by atoms with van der Waals surface area (Å²) in [4.78, 5) is 12.5. The molecular formula is C22H19N5O5S. The number of fused-ring (bicyclic) bond motifs is 2. The van der Waals surface area contributed by atoms with Gasteiger partial charge in [0.25, 0.3) is 0 Å². The second-order valence-corrected chi connectivity index (χ2v) is 7.88. The number of anilines is 1. The van der Waals surface area contributed by atoms with Crippen LogP contribution in [0.4, 0.5) is 5.69 Å². The molecule has 0 radical (unpaired) electrons. The highest BCUT2D eigenvalue weighted by Crippen LogP contribution is 2.35. The van der Waals surface area contributed by atoms with E-state index in [9.17, 15) is 4.79 Å². The highest BCUT2D eigenvalue weighted by atomic mass is 32.2. The molecule has 168 valence electrons. The van der Waals surface area contributed by atoms with Gasteiger partial charge in [-0.3, -0.25) is 4.79 Å². The van der Waals surface area contributed by atoms with Crippen LogP contribution in [0.15, 0.2) is 53.7 Å². The Balaban J connectivity index is 1.31. The van der Waals surface area contributed by atoms with Crippen LogP contribution in [-0.4, -0.2) is 52.5 Å². The summed E-state index contributed by atoms with van der Waals surface area (Å²) in [5, 5.41) is 16.3. The lowest BCUT2D eigenvalue weighted by Crippen LogP contribution is -2.15. The third kappa shape index (κ3) is 4.22. The lowest BCUT2D eigenvalue weighted by Gasteiger charge is -2.11. The van der Waals surface area contributed by atoms with Gasteiger partial charge in [0.05, 0.1) is 31.4 Å². The SMILES string of the molecule is COc1ccc(NC(=O)CSc2nnc3ccc(-c4ccc5c(c4)OCO5)nn23)c(OC)c1. The van der Waals surface area contributed by atoms with Crippen molar-refractivity contribution in [3.8, 4) is 34.3 Å². The molecule has 0 spiro atoms. The molecule has 0 saturated heterocycles. The van der Waals surface area contributed by atoms with Gasteiger partial charge >= 0.3 is 0 Å². The van der Waals surface area contributed by atoms with Gasteiger partial charge in [0.1, 0.15) is 11.5 Å². The zero-order chi connectivity index (χ0) is 22.8. The van der Waals surface area contributed by atoms with Gasteiger partial charge in [-0.25, -0.2) is 0 Å². The number of methoxy groups -OCH3 is 2. The first-order valence-corrected chi connectivity index (χ1v) is 10.9. The van der Waals surface area contributed by atoms with Gasteiger partial charge in [0.15, 0.2) is 17.1 Å². The Hall–Kier alpha value is -3.99. The molecule has 1 aliphatic rings. The molecule has 0 aliphatic carbocycles. The molecule has 1 amide bonds. The minimum atomic E-state index is -0.216. The van der Waals surface area contributed by atoms with E-state index in [-0.39, 0.29) is 18.5 Å². The van der Waals surface area contributed by atoms with Crippen molar-refractivity contribution in [2.45, 2.75) is 5.16 Å². The highest BCUT2D eigenvalue weighted by molar-refractivity contribution is 7.99. The third-order valence-corrected chi connectivity index (χ3v) is 5.84. The molecule has 2 aromatic carbocycles. The van der Waals surface area contributed by atoms with Crippen LogP contribution in [0, 0.1) is 0 Å². The van der Waals surface area contributed by atoms with Crippen molar-refractivity contribution in [3.05, 3.63) is 48.5 Å². The summed E-state index contributed by atoms with van der Waals surface area (Å²) in [5.74, 6) is 2.44. The monoisotopic (exact) mass is 465 g/mol. The number of aromatic nitrogens is 4. The minimum absolute atomic E-state index is 0.117. The predicted molar refractivity (Wildman–Crippen MR) is 121 cm³/mol. The minimum Gasteiger partial charge on any atom is -0.497 e. The maximum atomic E-state index is 12.5. The quantitative estimate of drug-likeness (QED) is 0.411. The number of ether oxygens (including phenoxy) is 4. The molecule has 33 heavy (non-hydrogen) atoms.